The monoisotopic (exact) mass is 822 g/mol. The lowest BCUT2D eigenvalue weighted by Crippen LogP contribution is -2.53. The van der Waals surface area contributed by atoms with E-state index >= 15 is 0 Å². The second-order valence-corrected chi connectivity index (χ2v) is 17.5. The number of nitrogens with zero attached hydrogens (tertiary/aromatic N) is 7. The molecule has 15 nitrogen and oxygen atoms in total. The van der Waals surface area contributed by atoms with E-state index in [2.05, 4.69) is 81.9 Å². The molecule has 9 rings (SSSR count). The van der Waals surface area contributed by atoms with Crippen LogP contribution >= 0.6 is 0 Å². The summed E-state index contributed by atoms with van der Waals surface area (Å²) < 4.78 is 11.1. The maximum Gasteiger partial charge on any atom is 0.315 e. The van der Waals surface area contributed by atoms with Crippen LogP contribution in [0.4, 0.5) is 5.82 Å². The van der Waals surface area contributed by atoms with E-state index in [0.717, 1.165) is 89.5 Å². The van der Waals surface area contributed by atoms with Gasteiger partial charge in [0.1, 0.15) is 23.5 Å². The number of H-pyrrole nitrogens is 1. The largest absolute Gasteiger partial charge is 0.481 e. The second kappa shape index (κ2) is 16.2. The fourth-order valence-electron chi connectivity index (χ4n) is 8.57. The molecule has 0 radical (unpaired) electrons. The van der Waals surface area contributed by atoms with Gasteiger partial charge in [-0.2, -0.15) is 4.98 Å². The third-order valence-electron chi connectivity index (χ3n) is 12.2. The highest BCUT2D eigenvalue weighted by Crippen LogP contribution is 2.41. The van der Waals surface area contributed by atoms with Gasteiger partial charge in [-0.15, -0.1) is 0 Å². The van der Waals surface area contributed by atoms with Gasteiger partial charge in [0.15, 0.2) is 11.9 Å². The first kappa shape index (κ1) is 40.0. The van der Waals surface area contributed by atoms with Crippen LogP contribution in [0, 0.1) is 6.92 Å². The summed E-state index contributed by atoms with van der Waals surface area (Å²) in [5.41, 5.74) is 7.33. The summed E-state index contributed by atoms with van der Waals surface area (Å²) in [5, 5.41) is 10.2. The number of piperidine rings is 1. The highest BCUT2D eigenvalue weighted by Gasteiger charge is 2.36. The number of amides is 3. The van der Waals surface area contributed by atoms with Crippen LogP contribution < -0.4 is 20.3 Å². The van der Waals surface area contributed by atoms with Gasteiger partial charge in [0.05, 0.1) is 11.7 Å². The van der Waals surface area contributed by atoms with Gasteiger partial charge in [-0.05, 0) is 85.7 Å². The minimum Gasteiger partial charge on any atom is -0.481 e. The summed E-state index contributed by atoms with van der Waals surface area (Å²) >= 11 is 0. The van der Waals surface area contributed by atoms with Gasteiger partial charge in [0.25, 0.3) is 5.91 Å². The van der Waals surface area contributed by atoms with Crippen molar-refractivity contribution in [3.05, 3.63) is 102 Å². The Labute approximate surface area is 353 Å². The number of imide groups is 1. The second-order valence-electron chi connectivity index (χ2n) is 17.5. The van der Waals surface area contributed by atoms with E-state index in [4.69, 9.17) is 14.2 Å². The number of anilines is 1. The van der Waals surface area contributed by atoms with Crippen molar-refractivity contribution in [1.82, 2.24) is 45.6 Å². The molecule has 3 aliphatic rings. The number of hydrogen-bond donors (Lipinski definition) is 3. The topological polar surface area (TPSA) is 184 Å². The molecule has 0 bridgehead atoms. The molecule has 6 aromatic rings. The predicted octanol–water partition coefficient (Wildman–Crippen LogP) is 6.42. The Hall–Kier alpha value is -6.48. The number of aromatic amines is 1. The molecule has 2 saturated heterocycles. The average molecular weight is 823 g/mol. The molecule has 3 fully saturated rings. The summed E-state index contributed by atoms with van der Waals surface area (Å²) in [4.78, 5) is 63.3. The van der Waals surface area contributed by atoms with Gasteiger partial charge in [0.2, 0.25) is 5.91 Å². The Kier molecular flexibility index (Phi) is 10.6. The molecule has 61 heavy (non-hydrogen) atoms. The molecule has 2 atom stereocenters. The minimum absolute atomic E-state index is 0.0521. The highest BCUT2D eigenvalue weighted by atomic mass is 16.5. The van der Waals surface area contributed by atoms with Gasteiger partial charge >= 0.3 is 11.8 Å². The minimum atomic E-state index is -0.623. The van der Waals surface area contributed by atoms with Crippen LogP contribution in [0.3, 0.4) is 0 Å². The molecular formula is C46H50N10O5. The van der Waals surface area contributed by atoms with Crippen LogP contribution in [0.2, 0.25) is 0 Å². The van der Waals surface area contributed by atoms with Crippen molar-refractivity contribution >= 4 is 34.6 Å². The molecule has 2 aliphatic heterocycles. The summed E-state index contributed by atoms with van der Waals surface area (Å²) in [6, 6.07) is 20.8. The van der Waals surface area contributed by atoms with Crippen molar-refractivity contribution in [3.63, 3.8) is 0 Å². The fourth-order valence-corrected chi connectivity index (χ4v) is 8.57. The van der Waals surface area contributed by atoms with Crippen LogP contribution in [0.5, 0.6) is 5.75 Å². The molecule has 314 valence electrons. The Morgan fingerprint density at radius 3 is 2.41 bits per heavy atom. The Morgan fingerprint density at radius 2 is 1.72 bits per heavy atom. The molecule has 3 N–H and O–H groups in total. The van der Waals surface area contributed by atoms with E-state index in [-0.39, 0.29) is 29.2 Å². The van der Waals surface area contributed by atoms with Gasteiger partial charge < -0.3 is 24.5 Å². The molecule has 0 spiro atoms. The molecule has 6 heterocycles. The van der Waals surface area contributed by atoms with Crippen LogP contribution in [-0.4, -0.2) is 91.0 Å². The summed E-state index contributed by atoms with van der Waals surface area (Å²) in [5.74, 6) is 1.55. The third kappa shape index (κ3) is 8.34. The number of pyridine rings is 1. The van der Waals surface area contributed by atoms with Gasteiger partial charge in [-0.1, -0.05) is 50.2 Å². The molecule has 0 unspecified atom stereocenters. The van der Waals surface area contributed by atoms with Crippen LogP contribution in [0.1, 0.15) is 98.5 Å². The smallest absolute Gasteiger partial charge is 0.315 e. The normalized spacial score (nSPS) is 20.3. The molecule has 1 aliphatic carbocycles. The van der Waals surface area contributed by atoms with Gasteiger partial charge in [0, 0.05) is 78.9 Å². The molecule has 4 aromatic heterocycles. The van der Waals surface area contributed by atoms with Gasteiger partial charge in [-0.3, -0.25) is 24.6 Å². The number of piperazine rings is 1. The van der Waals surface area contributed by atoms with Crippen molar-refractivity contribution in [2.75, 3.05) is 31.1 Å². The number of aromatic nitrogens is 6. The van der Waals surface area contributed by atoms with E-state index < -0.39 is 12.0 Å². The number of carbonyl (C=O) groups is 3. The lowest BCUT2D eigenvalue weighted by Gasteiger charge is -2.47. The summed E-state index contributed by atoms with van der Waals surface area (Å²) in [6.07, 6.45) is 5.83. The molecule has 1 saturated carbocycles. The maximum absolute atomic E-state index is 12.9. The Bertz CT molecular complexity index is 2580. The molecule has 3 amide bonds. The van der Waals surface area contributed by atoms with E-state index in [9.17, 15) is 14.4 Å². The number of ether oxygens (including phenoxy) is 1. The maximum atomic E-state index is 12.9. The SMILES string of the molecule is Cc1cc(-c2ncnc3[nH]c(-c4ccc(N5CCN([C@H]6C[C@@H](c7ccc(O[C@H]8CCC(=O)NC8=O)cc7)C6)CC5)nc4)cc23)ccc1[C@@H](C)NC(=O)c1nc(C(C)(C)C)no1. The zero-order valence-corrected chi connectivity index (χ0v) is 35.1. The number of carbonyl (C=O) groups excluding carboxylic acids is 3. The summed E-state index contributed by atoms with van der Waals surface area (Å²) in [6.45, 7) is 13.7. The number of aryl methyl sites for hydroxylation is 1. The van der Waals surface area contributed by atoms with Crippen molar-refractivity contribution in [1.29, 1.82) is 0 Å². The van der Waals surface area contributed by atoms with Gasteiger partial charge in [-0.25, -0.2) is 15.0 Å². The van der Waals surface area contributed by atoms with Crippen LogP contribution in [0.25, 0.3) is 33.5 Å². The van der Waals surface area contributed by atoms with Crippen LogP contribution in [-0.2, 0) is 15.0 Å². The predicted molar refractivity (Wildman–Crippen MR) is 229 cm³/mol. The zero-order valence-electron chi connectivity index (χ0n) is 35.1. The molecule has 15 heteroatoms. The fraction of sp³-hybridized carbons (Fsp3) is 0.391. The summed E-state index contributed by atoms with van der Waals surface area (Å²) in [7, 11) is 0. The first-order valence-corrected chi connectivity index (χ1v) is 21.0. The van der Waals surface area contributed by atoms with Crippen molar-refractivity contribution in [2.24, 2.45) is 0 Å². The zero-order chi connectivity index (χ0) is 42.4. The quantitative estimate of drug-likeness (QED) is 0.129. The van der Waals surface area contributed by atoms with E-state index in [1.165, 1.54) is 5.56 Å². The first-order valence-electron chi connectivity index (χ1n) is 21.0. The van der Waals surface area contributed by atoms with Crippen molar-refractivity contribution in [3.8, 4) is 28.3 Å². The average Bonchev–Trinajstić information content (AvgIpc) is 3.92. The number of rotatable bonds is 10. The standard InChI is InChI=1S/C46H50N10O5/c1-26-20-29(8-12-34(26)27(2)50-43(59)44-53-45(54-61-44)46(3,4)5)40-35-23-36(51-41(35)49-25-48-40)30-9-14-38(47-24-30)56-18-16-55(17-19-56)32-21-31(22-32)28-6-10-33(11-7-28)60-37-13-15-39(57)52-42(37)58/h6-12,14,20,23-25,27,31-32,37H,13,15-19,21-22H2,1-5H3,(H,50,59)(H,48,49,51)(H,52,57,58)/t27-,31-,32+,37+/m1/s1. The van der Waals surface area contributed by atoms with E-state index in [0.29, 0.717) is 36.4 Å². The molecular weight excluding hydrogens is 773 g/mol. The number of benzene rings is 2. The van der Waals surface area contributed by atoms with E-state index in [1.807, 2.05) is 65.1 Å². The number of hydrogen-bond acceptors (Lipinski definition) is 12. The molecule has 2 aromatic carbocycles. The Morgan fingerprint density at radius 1 is 0.951 bits per heavy atom. The third-order valence-corrected chi connectivity index (χ3v) is 12.2. The Balaban J connectivity index is 0.783. The highest BCUT2D eigenvalue weighted by molar-refractivity contribution is 6.00. The van der Waals surface area contributed by atoms with E-state index in [1.54, 1.807) is 6.33 Å². The van der Waals surface area contributed by atoms with Crippen molar-refractivity contribution < 1.29 is 23.6 Å². The first-order chi connectivity index (χ1) is 29.4. The van der Waals surface area contributed by atoms with Crippen LogP contribution in [0.15, 0.2) is 77.7 Å². The van der Waals surface area contributed by atoms with Crippen molar-refractivity contribution in [2.45, 2.75) is 89.8 Å². The number of nitrogens with one attached hydrogen (secondary N) is 3. The lowest BCUT2D eigenvalue weighted by atomic mass is 9.75. The lowest BCUT2D eigenvalue weighted by molar-refractivity contribution is -0.138. The number of fused-ring (bicyclic) bond motifs is 1.